The number of rotatable bonds is 1. The zero-order chi connectivity index (χ0) is 12.7. The normalized spacial score (nSPS) is 22.8. The average molecular weight is 241 g/mol. The molecule has 2 atom stereocenters. The number of H-pyrrole nitrogens is 1. The maximum Gasteiger partial charge on any atom is 0.0678 e. The minimum atomic E-state index is 0.109. The van der Waals surface area contributed by atoms with Crippen LogP contribution in [0.5, 0.6) is 0 Å². The molecule has 0 bridgehead atoms. The first-order valence-corrected chi connectivity index (χ1v) is 6.51. The average Bonchev–Trinajstić information content (AvgIpc) is 2.71. The molecular formula is C15H19N3. The predicted molar refractivity (Wildman–Crippen MR) is 72.5 cm³/mol. The predicted octanol–water partition coefficient (Wildman–Crippen LogP) is 2.76. The maximum absolute atomic E-state index is 6.30. The minimum Gasteiger partial charge on any atom is -0.324 e. The number of nitrogens with one attached hydrogen (secondary N) is 1. The third-order valence-electron chi connectivity index (χ3n) is 3.94. The van der Waals surface area contributed by atoms with Gasteiger partial charge in [0, 0.05) is 17.3 Å². The number of hydrogen-bond acceptors (Lipinski definition) is 2. The van der Waals surface area contributed by atoms with Crippen molar-refractivity contribution in [2.24, 2.45) is 5.73 Å². The van der Waals surface area contributed by atoms with Gasteiger partial charge in [0.15, 0.2) is 0 Å². The molecule has 94 valence electrons. The lowest BCUT2D eigenvalue weighted by Crippen LogP contribution is -2.23. The number of benzene rings is 1. The molecule has 18 heavy (non-hydrogen) atoms. The van der Waals surface area contributed by atoms with Gasteiger partial charge < -0.3 is 5.73 Å². The second-order valence-electron chi connectivity index (χ2n) is 5.37. The number of aromatic nitrogens is 2. The van der Waals surface area contributed by atoms with Gasteiger partial charge in [0.05, 0.1) is 5.69 Å². The molecule has 3 heteroatoms. The van der Waals surface area contributed by atoms with Crippen LogP contribution in [-0.4, -0.2) is 10.2 Å². The van der Waals surface area contributed by atoms with Crippen molar-refractivity contribution < 1.29 is 0 Å². The monoisotopic (exact) mass is 241 g/mol. The number of nitrogens with zero attached hydrogens (tertiary/aromatic N) is 1. The highest BCUT2D eigenvalue weighted by Gasteiger charge is 2.29. The van der Waals surface area contributed by atoms with Gasteiger partial charge in [-0.05, 0) is 38.2 Å². The lowest BCUT2D eigenvalue weighted by atomic mass is 9.80. The number of aryl methyl sites for hydroxylation is 2. The van der Waals surface area contributed by atoms with Crippen LogP contribution >= 0.6 is 0 Å². The molecule has 1 aliphatic rings. The van der Waals surface area contributed by atoms with Crippen LogP contribution in [0.1, 0.15) is 46.5 Å². The van der Waals surface area contributed by atoms with E-state index < -0.39 is 0 Å². The lowest BCUT2D eigenvalue weighted by Gasteiger charge is -2.27. The van der Waals surface area contributed by atoms with E-state index in [2.05, 4.69) is 48.3 Å². The van der Waals surface area contributed by atoms with Crippen LogP contribution in [0.4, 0.5) is 0 Å². The van der Waals surface area contributed by atoms with Gasteiger partial charge in [0.25, 0.3) is 0 Å². The Hall–Kier alpha value is -1.61. The summed E-state index contributed by atoms with van der Waals surface area (Å²) in [6.45, 7) is 4.19. The van der Waals surface area contributed by atoms with Crippen LogP contribution in [0.2, 0.25) is 0 Å². The first kappa shape index (κ1) is 11.5. The Bertz CT molecular complexity index is 571. The summed E-state index contributed by atoms with van der Waals surface area (Å²) in [5, 5.41) is 7.46. The van der Waals surface area contributed by atoms with Crippen LogP contribution in [0, 0.1) is 13.8 Å². The molecule has 0 saturated heterocycles. The molecule has 0 fully saturated rings. The Balaban J connectivity index is 1.95. The summed E-state index contributed by atoms with van der Waals surface area (Å²) < 4.78 is 0. The highest BCUT2D eigenvalue weighted by molar-refractivity contribution is 5.35. The summed E-state index contributed by atoms with van der Waals surface area (Å²) >= 11 is 0. The summed E-state index contributed by atoms with van der Waals surface area (Å²) in [6, 6.07) is 8.84. The lowest BCUT2D eigenvalue weighted by molar-refractivity contribution is 0.498. The number of hydrogen-bond donors (Lipinski definition) is 2. The fourth-order valence-electron chi connectivity index (χ4n) is 3.06. The molecule has 3 N–H and O–H groups in total. The van der Waals surface area contributed by atoms with E-state index in [9.17, 15) is 0 Å². The van der Waals surface area contributed by atoms with Crippen molar-refractivity contribution in [3.63, 3.8) is 0 Å². The summed E-state index contributed by atoms with van der Waals surface area (Å²) in [5.74, 6) is 0.495. The maximum atomic E-state index is 6.30. The van der Waals surface area contributed by atoms with E-state index in [1.54, 1.807) is 0 Å². The summed E-state index contributed by atoms with van der Waals surface area (Å²) in [6.07, 6.45) is 2.01. The molecule has 0 radical (unpaired) electrons. The second kappa shape index (κ2) is 4.25. The summed E-state index contributed by atoms with van der Waals surface area (Å²) in [4.78, 5) is 0. The molecule has 0 spiro atoms. The van der Waals surface area contributed by atoms with Gasteiger partial charge in [-0.25, -0.2) is 0 Å². The van der Waals surface area contributed by atoms with Gasteiger partial charge in [0.1, 0.15) is 0 Å². The Morgan fingerprint density at radius 1 is 1.33 bits per heavy atom. The number of aromatic amines is 1. The first-order valence-electron chi connectivity index (χ1n) is 6.51. The van der Waals surface area contributed by atoms with Crippen molar-refractivity contribution >= 4 is 0 Å². The SMILES string of the molecule is Cc1cccc(C2Cc3n[nH]c(C)c3C(N)C2)c1. The largest absolute Gasteiger partial charge is 0.324 e. The van der Waals surface area contributed by atoms with Crippen LogP contribution in [0.15, 0.2) is 24.3 Å². The zero-order valence-electron chi connectivity index (χ0n) is 10.9. The van der Waals surface area contributed by atoms with Crippen molar-refractivity contribution in [1.29, 1.82) is 0 Å². The van der Waals surface area contributed by atoms with Crippen LogP contribution in [-0.2, 0) is 6.42 Å². The van der Waals surface area contributed by atoms with Gasteiger partial charge in [-0.3, -0.25) is 5.10 Å². The minimum absolute atomic E-state index is 0.109. The third kappa shape index (κ3) is 1.85. The topological polar surface area (TPSA) is 54.7 Å². The standard InChI is InChI=1S/C15H19N3/c1-9-4-3-5-11(6-9)12-7-13(16)15-10(2)17-18-14(15)8-12/h3-6,12-13H,7-8,16H2,1-2H3,(H,17,18). The molecule has 2 aromatic rings. The first-order chi connectivity index (χ1) is 8.65. The smallest absolute Gasteiger partial charge is 0.0678 e. The van der Waals surface area contributed by atoms with E-state index in [-0.39, 0.29) is 6.04 Å². The van der Waals surface area contributed by atoms with Gasteiger partial charge in [-0.2, -0.15) is 5.10 Å². The highest BCUT2D eigenvalue weighted by atomic mass is 15.1. The van der Waals surface area contributed by atoms with E-state index in [0.717, 1.165) is 24.2 Å². The van der Waals surface area contributed by atoms with Gasteiger partial charge in [-0.15, -0.1) is 0 Å². The van der Waals surface area contributed by atoms with E-state index >= 15 is 0 Å². The van der Waals surface area contributed by atoms with Gasteiger partial charge >= 0.3 is 0 Å². The molecule has 0 saturated carbocycles. The number of nitrogens with two attached hydrogens (primary N) is 1. The van der Waals surface area contributed by atoms with Crippen molar-refractivity contribution in [2.45, 2.75) is 38.6 Å². The highest BCUT2D eigenvalue weighted by Crippen LogP contribution is 2.37. The van der Waals surface area contributed by atoms with E-state index in [1.807, 2.05) is 0 Å². The fraction of sp³-hybridized carbons (Fsp3) is 0.400. The molecule has 2 unspecified atom stereocenters. The van der Waals surface area contributed by atoms with Gasteiger partial charge in [-0.1, -0.05) is 29.8 Å². The van der Waals surface area contributed by atoms with Crippen molar-refractivity contribution in [3.8, 4) is 0 Å². The second-order valence-corrected chi connectivity index (χ2v) is 5.37. The summed E-state index contributed by atoms with van der Waals surface area (Å²) in [5.41, 5.74) is 12.5. The van der Waals surface area contributed by atoms with Crippen molar-refractivity contribution in [1.82, 2.24) is 10.2 Å². The quantitative estimate of drug-likeness (QED) is 0.806. The molecule has 1 aromatic carbocycles. The van der Waals surface area contributed by atoms with Crippen molar-refractivity contribution in [2.75, 3.05) is 0 Å². The molecule has 1 heterocycles. The fourth-order valence-corrected chi connectivity index (χ4v) is 3.06. The Morgan fingerprint density at radius 2 is 2.17 bits per heavy atom. The van der Waals surface area contributed by atoms with Gasteiger partial charge in [0.2, 0.25) is 0 Å². The molecule has 3 nitrogen and oxygen atoms in total. The molecule has 3 rings (SSSR count). The summed E-state index contributed by atoms with van der Waals surface area (Å²) in [7, 11) is 0. The third-order valence-corrected chi connectivity index (χ3v) is 3.94. The van der Waals surface area contributed by atoms with Crippen LogP contribution in [0.25, 0.3) is 0 Å². The molecule has 1 aliphatic carbocycles. The van der Waals surface area contributed by atoms with E-state index in [0.29, 0.717) is 5.92 Å². The zero-order valence-corrected chi connectivity index (χ0v) is 10.9. The Kier molecular flexibility index (Phi) is 2.71. The molecule has 0 amide bonds. The Morgan fingerprint density at radius 3 is 2.94 bits per heavy atom. The van der Waals surface area contributed by atoms with Crippen LogP contribution in [0.3, 0.4) is 0 Å². The molecular weight excluding hydrogens is 222 g/mol. The number of fused-ring (bicyclic) bond motifs is 1. The van der Waals surface area contributed by atoms with E-state index in [1.165, 1.54) is 16.7 Å². The van der Waals surface area contributed by atoms with Crippen LogP contribution < -0.4 is 5.73 Å². The Labute approximate surface area is 107 Å². The molecule has 1 aromatic heterocycles. The molecule has 0 aliphatic heterocycles. The van der Waals surface area contributed by atoms with E-state index in [4.69, 9.17) is 5.73 Å². The van der Waals surface area contributed by atoms with Crippen molar-refractivity contribution in [3.05, 3.63) is 52.3 Å².